The van der Waals surface area contributed by atoms with Crippen molar-refractivity contribution in [1.82, 2.24) is 19.9 Å². The smallest absolute Gasteiger partial charge is 0.233 e. The number of aryl methyl sites for hydroxylation is 2. The minimum Gasteiger partial charge on any atom is -0.480 e. The minimum absolute atomic E-state index is 0.545. The number of hydrogen-bond acceptors (Lipinski definition) is 7. The van der Waals surface area contributed by atoms with Gasteiger partial charge in [-0.15, -0.1) is 0 Å². The van der Waals surface area contributed by atoms with Crippen LogP contribution in [0.3, 0.4) is 0 Å². The van der Waals surface area contributed by atoms with Crippen LogP contribution in [0.1, 0.15) is 18.4 Å². The molecule has 0 amide bonds. The zero-order chi connectivity index (χ0) is 16.2. The van der Waals surface area contributed by atoms with Gasteiger partial charge >= 0.3 is 0 Å². The Balaban J connectivity index is 1.69. The summed E-state index contributed by atoms with van der Waals surface area (Å²) < 4.78 is 5.15. The van der Waals surface area contributed by atoms with E-state index >= 15 is 0 Å². The molecule has 0 spiro atoms. The molecule has 1 saturated heterocycles. The van der Waals surface area contributed by atoms with Crippen molar-refractivity contribution in [3.8, 4) is 5.88 Å². The highest BCUT2D eigenvalue weighted by atomic mass is 16.5. The lowest BCUT2D eigenvalue weighted by Gasteiger charge is -2.36. The van der Waals surface area contributed by atoms with Gasteiger partial charge < -0.3 is 14.5 Å². The first kappa shape index (κ1) is 15.5. The van der Waals surface area contributed by atoms with E-state index in [9.17, 15) is 0 Å². The van der Waals surface area contributed by atoms with Crippen LogP contribution in [0.25, 0.3) is 0 Å². The molecule has 3 heterocycles. The Morgan fingerprint density at radius 3 is 2.35 bits per heavy atom. The van der Waals surface area contributed by atoms with Gasteiger partial charge in [0, 0.05) is 37.9 Å². The third-order valence-electron chi connectivity index (χ3n) is 3.98. The van der Waals surface area contributed by atoms with Crippen molar-refractivity contribution in [1.29, 1.82) is 0 Å². The average Bonchev–Trinajstić information content (AvgIpc) is 2.61. The Morgan fingerprint density at radius 2 is 1.70 bits per heavy atom. The number of ether oxygens (including phenoxy) is 1. The molecule has 0 aromatic carbocycles. The zero-order valence-electron chi connectivity index (χ0n) is 13.9. The number of nitrogens with zero attached hydrogens (tertiary/aromatic N) is 6. The van der Waals surface area contributed by atoms with Gasteiger partial charge in [0.25, 0.3) is 0 Å². The van der Waals surface area contributed by atoms with Crippen LogP contribution in [0.2, 0.25) is 0 Å². The van der Waals surface area contributed by atoms with Gasteiger partial charge in [0.05, 0.1) is 19.5 Å². The molecule has 1 aliphatic heterocycles. The molecule has 0 radical (unpaired) electrons. The summed E-state index contributed by atoms with van der Waals surface area (Å²) in [4.78, 5) is 22.2. The first-order valence-corrected chi connectivity index (χ1v) is 7.90. The molecule has 7 heteroatoms. The number of anilines is 2. The second-order valence-corrected chi connectivity index (χ2v) is 5.51. The highest BCUT2D eigenvalue weighted by molar-refractivity contribution is 5.45. The molecule has 0 bridgehead atoms. The molecule has 0 N–H and O–H groups in total. The summed E-state index contributed by atoms with van der Waals surface area (Å²) in [5.74, 6) is 3.26. The van der Waals surface area contributed by atoms with Crippen LogP contribution in [-0.2, 0) is 6.42 Å². The lowest BCUT2D eigenvalue weighted by Crippen LogP contribution is -2.47. The van der Waals surface area contributed by atoms with Crippen molar-refractivity contribution >= 4 is 11.6 Å². The van der Waals surface area contributed by atoms with Crippen LogP contribution < -0.4 is 14.5 Å². The predicted octanol–water partition coefficient (Wildman–Crippen LogP) is 1.47. The lowest BCUT2D eigenvalue weighted by molar-refractivity contribution is 0.395. The molecule has 1 fully saturated rings. The molecule has 0 atom stereocenters. The summed E-state index contributed by atoms with van der Waals surface area (Å²) in [6.45, 7) is 7.63. The van der Waals surface area contributed by atoms with Crippen molar-refractivity contribution < 1.29 is 4.74 Å². The number of aromatic nitrogens is 4. The van der Waals surface area contributed by atoms with Crippen molar-refractivity contribution in [2.75, 3.05) is 43.1 Å². The van der Waals surface area contributed by atoms with E-state index in [1.807, 2.05) is 6.92 Å². The molecule has 0 unspecified atom stereocenters. The van der Waals surface area contributed by atoms with Crippen LogP contribution in [0.15, 0.2) is 18.5 Å². The van der Waals surface area contributed by atoms with Gasteiger partial charge in [-0.1, -0.05) is 6.92 Å². The van der Waals surface area contributed by atoms with Gasteiger partial charge in [0.15, 0.2) is 5.82 Å². The summed E-state index contributed by atoms with van der Waals surface area (Å²) >= 11 is 0. The van der Waals surface area contributed by atoms with Gasteiger partial charge in [-0.3, -0.25) is 4.98 Å². The van der Waals surface area contributed by atoms with E-state index < -0.39 is 0 Å². The quantitative estimate of drug-likeness (QED) is 0.846. The Hall–Kier alpha value is -2.44. The largest absolute Gasteiger partial charge is 0.480 e. The van der Waals surface area contributed by atoms with E-state index in [2.05, 4.69) is 42.7 Å². The molecule has 2 aromatic rings. The van der Waals surface area contributed by atoms with Crippen LogP contribution in [0, 0.1) is 6.92 Å². The van der Waals surface area contributed by atoms with E-state index in [0.717, 1.165) is 55.8 Å². The number of hydrogen-bond donors (Lipinski definition) is 0. The molecular formula is C16H22N6O. The van der Waals surface area contributed by atoms with E-state index in [4.69, 9.17) is 4.74 Å². The first-order valence-electron chi connectivity index (χ1n) is 7.90. The standard InChI is InChI=1S/C16H22N6O/c1-4-13-9-14(19-12(2)18-13)21-5-7-22(8-6-21)15-10-17-11-16(20-15)23-3/h9-11H,4-8H2,1-3H3. The average molecular weight is 314 g/mol. The Kier molecular flexibility index (Phi) is 4.55. The van der Waals surface area contributed by atoms with E-state index in [1.54, 1.807) is 19.5 Å². The maximum absolute atomic E-state index is 5.15. The molecule has 1 aliphatic rings. The fourth-order valence-corrected chi connectivity index (χ4v) is 2.71. The van der Waals surface area contributed by atoms with E-state index in [-0.39, 0.29) is 0 Å². The molecule has 23 heavy (non-hydrogen) atoms. The topological polar surface area (TPSA) is 67.3 Å². The molecule has 122 valence electrons. The van der Waals surface area contributed by atoms with Crippen LogP contribution in [-0.4, -0.2) is 53.2 Å². The van der Waals surface area contributed by atoms with Gasteiger partial charge in [-0.25, -0.2) is 9.97 Å². The third-order valence-corrected chi connectivity index (χ3v) is 3.98. The number of methoxy groups -OCH3 is 1. The van der Waals surface area contributed by atoms with Crippen molar-refractivity contribution in [3.05, 3.63) is 30.0 Å². The third kappa shape index (κ3) is 3.49. The fourth-order valence-electron chi connectivity index (χ4n) is 2.71. The summed E-state index contributed by atoms with van der Waals surface area (Å²) in [6.07, 6.45) is 4.33. The zero-order valence-corrected chi connectivity index (χ0v) is 13.9. The normalized spacial score (nSPS) is 14.9. The summed E-state index contributed by atoms with van der Waals surface area (Å²) in [6, 6.07) is 2.09. The summed E-state index contributed by atoms with van der Waals surface area (Å²) in [7, 11) is 1.61. The van der Waals surface area contributed by atoms with Gasteiger partial charge in [0.2, 0.25) is 5.88 Å². The maximum atomic E-state index is 5.15. The minimum atomic E-state index is 0.545. The molecule has 2 aromatic heterocycles. The Bertz CT molecular complexity index is 669. The summed E-state index contributed by atoms with van der Waals surface area (Å²) in [5.41, 5.74) is 1.09. The molecule has 0 saturated carbocycles. The second-order valence-electron chi connectivity index (χ2n) is 5.51. The summed E-state index contributed by atoms with van der Waals surface area (Å²) in [5, 5.41) is 0. The van der Waals surface area contributed by atoms with Crippen LogP contribution in [0.5, 0.6) is 5.88 Å². The molecule has 3 rings (SSSR count). The second kappa shape index (κ2) is 6.76. The van der Waals surface area contributed by atoms with Crippen molar-refractivity contribution in [2.45, 2.75) is 20.3 Å². The monoisotopic (exact) mass is 314 g/mol. The first-order chi connectivity index (χ1) is 11.2. The SMILES string of the molecule is CCc1cc(N2CCN(c3cncc(OC)n3)CC2)nc(C)n1. The van der Waals surface area contributed by atoms with E-state index in [0.29, 0.717) is 5.88 Å². The molecule has 0 aliphatic carbocycles. The lowest BCUT2D eigenvalue weighted by atomic mass is 10.2. The fraction of sp³-hybridized carbons (Fsp3) is 0.500. The Morgan fingerprint density at radius 1 is 1.00 bits per heavy atom. The van der Waals surface area contributed by atoms with Gasteiger partial charge in [0.1, 0.15) is 11.6 Å². The molecular weight excluding hydrogens is 292 g/mol. The van der Waals surface area contributed by atoms with Gasteiger partial charge in [-0.2, -0.15) is 4.98 Å². The van der Waals surface area contributed by atoms with E-state index in [1.165, 1.54) is 0 Å². The predicted molar refractivity (Wildman–Crippen MR) is 89.2 cm³/mol. The highest BCUT2D eigenvalue weighted by Gasteiger charge is 2.20. The van der Waals surface area contributed by atoms with Gasteiger partial charge in [-0.05, 0) is 13.3 Å². The molecule has 7 nitrogen and oxygen atoms in total. The van der Waals surface area contributed by atoms with Crippen molar-refractivity contribution in [3.63, 3.8) is 0 Å². The number of rotatable bonds is 4. The van der Waals surface area contributed by atoms with Crippen molar-refractivity contribution in [2.24, 2.45) is 0 Å². The van der Waals surface area contributed by atoms with Crippen LogP contribution in [0.4, 0.5) is 11.6 Å². The Labute approximate surface area is 136 Å². The van der Waals surface area contributed by atoms with Crippen LogP contribution >= 0.6 is 0 Å². The number of piperazine rings is 1. The maximum Gasteiger partial charge on any atom is 0.233 e. The highest BCUT2D eigenvalue weighted by Crippen LogP contribution is 2.19.